The highest BCUT2D eigenvalue weighted by Crippen LogP contribution is 2.18. The highest BCUT2D eigenvalue weighted by molar-refractivity contribution is 5.66. The maximum absolute atomic E-state index is 13.5. The number of carbonyl (C=O) groups is 1. The summed E-state index contributed by atoms with van der Waals surface area (Å²) < 4.78 is 23.1. The van der Waals surface area contributed by atoms with Crippen LogP contribution in [-0.4, -0.2) is 22.8 Å². The van der Waals surface area contributed by atoms with Crippen molar-refractivity contribution in [1.82, 2.24) is 15.5 Å². The van der Waals surface area contributed by atoms with Crippen molar-refractivity contribution in [3.05, 3.63) is 36.0 Å². The van der Waals surface area contributed by atoms with Gasteiger partial charge in [0.15, 0.2) is 0 Å². The van der Waals surface area contributed by atoms with E-state index >= 15 is 0 Å². The topological polar surface area (TPSA) is 77.2 Å². The van der Waals surface area contributed by atoms with Crippen LogP contribution in [-0.2, 0) is 11.3 Å². The van der Waals surface area contributed by atoms with E-state index in [0.29, 0.717) is 0 Å². The fraction of sp³-hybridized carbons (Fsp3) is 0.250. The normalized spacial score (nSPS) is 10.2. The van der Waals surface area contributed by atoms with E-state index in [1.165, 1.54) is 6.07 Å². The van der Waals surface area contributed by atoms with E-state index in [1.54, 1.807) is 25.1 Å². The number of rotatable bonds is 4. The number of halogens is 1. The van der Waals surface area contributed by atoms with Crippen molar-refractivity contribution in [2.45, 2.75) is 13.5 Å². The molecule has 0 atom stereocenters. The molecule has 6 nitrogen and oxygen atoms in total. The standard InChI is InChI=1S/C12H12FN3O3/c1-2-18-12(17)14-7-10-15-11(16-19-10)8-5-3-4-6-9(8)13/h3-6H,2,7H2,1H3,(H,14,17). The van der Waals surface area contributed by atoms with Gasteiger partial charge < -0.3 is 14.6 Å². The first kappa shape index (κ1) is 13.0. The first-order valence-electron chi connectivity index (χ1n) is 5.68. The molecule has 0 bridgehead atoms. The molecule has 0 fully saturated rings. The van der Waals surface area contributed by atoms with Crippen LogP contribution in [0, 0.1) is 5.82 Å². The van der Waals surface area contributed by atoms with Gasteiger partial charge in [-0.1, -0.05) is 17.3 Å². The molecule has 2 aromatic rings. The number of nitrogens with zero attached hydrogens (tertiary/aromatic N) is 2. The van der Waals surface area contributed by atoms with Gasteiger partial charge in [-0.05, 0) is 19.1 Å². The molecule has 1 N–H and O–H groups in total. The zero-order chi connectivity index (χ0) is 13.7. The number of aromatic nitrogens is 2. The zero-order valence-corrected chi connectivity index (χ0v) is 10.2. The molecule has 0 aliphatic heterocycles. The van der Waals surface area contributed by atoms with Crippen LogP contribution in [0.5, 0.6) is 0 Å². The summed E-state index contributed by atoms with van der Waals surface area (Å²) in [5.41, 5.74) is 0.244. The summed E-state index contributed by atoms with van der Waals surface area (Å²) in [5.74, 6) is -0.127. The van der Waals surface area contributed by atoms with Crippen LogP contribution >= 0.6 is 0 Å². The number of hydrogen-bond donors (Lipinski definition) is 1. The maximum atomic E-state index is 13.5. The summed E-state index contributed by atoms with van der Waals surface area (Å²) in [6.45, 7) is 2.00. The molecular weight excluding hydrogens is 253 g/mol. The molecule has 0 unspecified atom stereocenters. The van der Waals surface area contributed by atoms with Crippen molar-refractivity contribution in [3.63, 3.8) is 0 Å². The minimum absolute atomic E-state index is 0.0281. The number of ether oxygens (including phenoxy) is 1. The molecule has 1 amide bonds. The fourth-order valence-electron chi connectivity index (χ4n) is 1.41. The van der Waals surface area contributed by atoms with Gasteiger partial charge in [0.2, 0.25) is 11.7 Å². The number of benzene rings is 1. The van der Waals surface area contributed by atoms with Crippen molar-refractivity contribution in [3.8, 4) is 11.4 Å². The highest BCUT2D eigenvalue weighted by atomic mass is 19.1. The number of amides is 1. The molecule has 2 rings (SSSR count). The Morgan fingerprint density at radius 2 is 2.26 bits per heavy atom. The largest absolute Gasteiger partial charge is 0.450 e. The lowest BCUT2D eigenvalue weighted by atomic mass is 10.2. The van der Waals surface area contributed by atoms with E-state index in [0.717, 1.165) is 0 Å². The summed E-state index contributed by atoms with van der Waals surface area (Å²) in [7, 11) is 0. The molecule has 0 saturated carbocycles. The van der Waals surface area contributed by atoms with Crippen LogP contribution in [0.3, 0.4) is 0 Å². The second kappa shape index (κ2) is 5.94. The quantitative estimate of drug-likeness (QED) is 0.916. The van der Waals surface area contributed by atoms with Gasteiger partial charge in [0.1, 0.15) is 12.4 Å². The molecule has 0 radical (unpaired) electrons. The zero-order valence-electron chi connectivity index (χ0n) is 10.2. The van der Waals surface area contributed by atoms with E-state index in [2.05, 4.69) is 20.2 Å². The SMILES string of the molecule is CCOC(=O)NCc1nc(-c2ccccc2F)no1. The molecule has 1 heterocycles. The lowest BCUT2D eigenvalue weighted by Crippen LogP contribution is -2.23. The van der Waals surface area contributed by atoms with Gasteiger partial charge in [-0.3, -0.25) is 0 Å². The Morgan fingerprint density at radius 3 is 3.00 bits per heavy atom. The van der Waals surface area contributed by atoms with Crippen molar-refractivity contribution in [2.75, 3.05) is 6.61 Å². The molecule has 0 spiro atoms. The number of nitrogens with one attached hydrogen (secondary N) is 1. The number of hydrogen-bond acceptors (Lipinski definition) is 5. The number of alkyl carbamates (subject to hydrolysis) is 1. The molecular formula is C12H12FN3O3. The van der Waals surface area contributed by atoms with Gasteiger partial charge in [-0.25, -0.2) is 9.18 Å². The molecule has 1 aromatic heterocycles. The Kier molecular flexibility index (Phi) is 4.07. The van der Waals surface area contributed by atoms with Crippen molar-refractivity contribution >= 4 is 6.09 Å². The van der Waals surface area contributed by atoms with Gasteiger partial charge in [0.25, 0.3) is 0 Å². The monoisotopic (exact) mass is 265 g/mol. The Labute approximate surface area is 108 Å². The first-order chi connectivity index (χ1) is 9.20. The van der Waals surface area contributed by atoms with Crippen LogP contribution in [0.25, 0.3) is 11.4 Å². The summed E-state index contributed by atoms with van der Waals surface area (Å²) in [6.07, 6.45) is -0.576. The maximum Gasteiger partial charge on any atom is 0.407 e. The van der Waals surface area contributed by atoms with Crippen LogP contribution < -0.4 is 5.32 Å². The van der Waals surface area contributed by atoms with Crippen LogP contribution in [0.2, 0.25) is 0 Å². The summed E-state index contributed by atoms with van der Waals surface area (Å²) in [4.78, 5) is 15.0. The van der Waals surface area contributed by atoms with E-state index < -0.39 is 11.9 Å². The van der Waals surface area contributed by atoms with Gasteiger partial charge in [-0.2, -0.15) is 4.98 Å². The molecule has 100 valence electrons. The Hall–Kier alpha value is -2.44. The van der Waals surface area contributed by atoms with E-state index in [-0.39, 0.29) is 30.4 Å². The summed E-state index contributed by atoms with van der Waals surface area (Å²) >= 11 is 0. The third kappa shape index (κ3) is 3.27. The lowest BCUT2D eigenvalue weighted by Gasteiger charge is -2.00. The van der Waals surface area contributed by atoms with Crippen LogP contribution in [0.1, 0.15) is 12.8 Å². The average Bonchev–Trinajstić information content (AvgIpc) is 2.86. The number of carbonyl (C=O) groups excluding carboxylic acids is 1. The van der Waals surface area contributed by atoms with E-state index in [9.17, 15) is 9.18 Å². The minimum atomic E-state index is -0.576. The van der Waals surface area contributed by atoms with Gasteiger partial charge >= 0.3 is 6.09 Å². The van der Waals surface area contributed by atoms with Crippen molar-refractivity contribution in [2.24, 2.45) is 0 Å². The molecule has 19 heavy (non-hydrogen) atoms. The lowest BCUT2D eigenvalue weighted by molar-refractivity contribution is 0.150. The molecule has 0 aliphatic carbocycles. The Morgan fingerprint density at radius 1 is 1.47 bits per heavy atom. The van der Waals surface area contributed by atoms with E-state index in [1.807, 2.05) is 0 Å². The molecule has 1 aromatic carbocycles. The Bertz CT molecular complexity index is 571. The van der Waals surface area contributed by atoms with Crippen LogP contribution in [0.4, 0.5) is 9.18 Å². The van der Waals surface area contributed by atoms with Gasteiger partial charge in [0.05, 0.1) is 12.2 Å². The fourth-order valence-corrected chi connectivity index (χ4v) is 1.41. The molecule has 7 heteroatoms. The third-order valence-electron chi connectivity index (χ3n) is 2.24. The van der Waals surface area contributed by atoms with Gasteiger partial charge in [0, 0.05) is 0 Å². The predicted octanol–water partition coefficient (Wildman–Crippen LogP) is 2.12. The highest BCUT2D eigenvalue weighted by Gasteiger charge is 2.12. The second-order valence-electron chi connectivity index (χ2n) is 3.57. The van der Waals surface area contributed by atoms with Crippen molar-refractivity contribution in [1.29, 1.82) is 0 Å². The van der Waals surface area contributed by atoms with Gasteiger partial charge in [-0.15, -0.1) is 0 Å². The average molecular weight is 265 g/mol. The molecule has 0 aliphatic rings. The van der Waals surface area contributed by atoms with Crippen LogP contribution in [0.15, 0.2) is 28.8 Å². The predicted molar refractivity (Wildman–Crippen MR) is 63.6 cm³/mol. The molecule has 0 saturated heterocycles. The minimum Gasteiger partial charge on any atom is -0.450 e. The van der Waals surface area contributed by atoms with E-state index in [4.69, 9.17) is 4.52 Å². The Balaban J connectivity index is 2.04. The second-order valence-corrected chi connectivity index (χ2v) is 3.57. The summed E-state index contributed by atoms with van der Waals surface area (Å²) in [6, 6.07) is 6.10. The van der Waals surface area contributed by atoms with Crippen molar-refractivity contribution < 1.29 is 18.4 Å². The third-order valence-corrected chi connectivity index (χ3v) is 2.24. The summed E-state index contributed by atoms with van der Waals surface area (Å²) in [5, 5.41) is 6.08. The smallest absolute Gasteiger partial charge is 0.407 e. The first-order valence-corrected chi connectivity index (χ1v) is 5.68.